The van der Waals surface area contributed by atoms with Gasteiger partial charge in [0.1, 0.15) is 15.4 Å². The number of hydrogen-bond donors (Lipinski definition) is 1. The minimum Gasteiger partial charge on any atom is -0.368 e. The van der Waals surface area contributed by atoms with Crippen molar-refractivity contribution >= 4 is 56.3 Å². The quantitative estimate of drug-likeness (QED) is 0.570. The number of carbonyl (C=O) groups excluding carboxylic acids is 3. The number of carbonyl (C=O) groups is 3. The highest BCUT2D eigenvalue weighted by Crippen LogP contribution is 2.30. The molecule has 32 heavy (non-hydrogen) atoms. The van der Waals surface area contributed by atoms with Crippen LogP contribution in [0.1, 0.15) is 26.2 Å². The Labute approximate surface area is 198 Å². The smallest absolute Gasteiger partial charge is 0.228 e. The molecule has 1 aromatic carbocycles. The topological polar surface area (TPSA) is 104 Å². The predicted molar refractivity (Wildman–Crippen MR) is 124 cm³/mol. The molecule has 0 bridgehead atoms. The molecule has 8 nitrogen and oxygen atoms in total. The Kier molecular flexibility index (Phi) is 7.41. The average Bonchev–Trinajstić information content (AvgIpc) is 2.98. The van der Waals surface area contributed by atoms with Crippen molar-refractivity contribution in [2.45, 2.75) is 31.7 Å². The van der Waals surface area contributed by atoms with Crippen LogP contribution < -0.4 is 10.2 Å². The second kappa shape index (κ2) is 9.57. The number of Topliss-reactive ketones (excluding diaryl/α,β-unsaturated/α-hetero) is 1. The first-order chi connectivity index (χ1) is 14.9. The van der Waals surface area contributed by atoms with Crippen molar-refractivity contribution in [3.63, 3.8) is 0 Å². The number of amides is 2. The van der Waals surface area contributed by atoms with Crippen LogP contribution in [0.4, 0.5) is 5.69 Å². The van der Waals surface area contributed by atoms with Gasteiger partial charge >= 0.3 is 0 Å². The average molecular weight is 504 g/mol. The summed E-state index contributed by atoms with van der Waals surface area (Å²) in [5, 5.41) is 3.75. The third kappa shape index (κ3) is 5.94. The first kappa shape index (κ1) is 24.8. The standard InChI is InChI=1S/C21H27Cl2N3O5S/c1-14(13-21(3-8-32(2,30)31)18(27)12-19(28)24-21)20(29)26-6-4-25(5-7-26)17-10-15(22)9-16(23)11-17/h9-11,14H,3-8,12-13H2,1-2H3,(H,24,28)/t14-,21+/m1/s1. The maximum Gasteiger partial charge on any atom is 0.228 e. The summed E-state index contributed by atoms with van der Waals surface area (Å²) in [4.78, 5) is 41.4. The van der Waals surface area contributed by atoms with Gasteiger partial charge in [-0.1, -0.05) is 30.1 Å². The molecule has 0 radical (unpaired) electrons. The van der Waals surface area contributed by atoms with Gasteiger partial charge in [0.15, 0.2) is 5.78 Å². The molecular weight excluding hydrogens is 477 g/mol. The molecule has 176 valence electrons. The zero-order chi connectivity index (χ0) is 23.7. The highest BCUT2D eigenvalue weighted by molar-refractivity contribution is 7.90. The molecule has 0 spiro atoms. The number of ketones is 1. The second-order valence-electron chi connectivity index (χ2n) is 8.66. The first-order valence-electron chi connectivity index (χ1n) is 10.4. The summed E-state index contributed by atoms with van der Waals surface area (Å²) in [5.41, 5.74) is -0.421. The van der Waals surface area contributed by atoms with Crippen LogP contribution in [0.25, 0.3) is 0 Å². The molecule has 2 saturated heterocycles. The molecule has 1 N–H and O–H groups in total. The molecule has 1 aromatic rings. The van der Waals surface area contributed by atoms with Crippen LogP contribution >= 0.6 is 23.2 Å². The molecule has 2 aliphatic rings. The van der Waals surface area contributed by atoms with E-state index in [1.807, 2.05) is 12.1 Å². The van der Waals surface area contributed by atoms with Gasteiger partial charge in [0.2, 0.25) is 11.8 Å². The molecule has 2 heterocycles. The highest BCUT2D eigenvalue weighted by atomic mass is 35.5. The first-order valence-corrected chi connectivity index (χ1v) is 13.2. The van der Waals surface area contributed by atoms with E-state index >= 15 is 0 Å². The van der Waals surface area contributed by atoms with E-state index in [2.05, 4.69) is 10.2 Å². The normalized spacial score (nSPS) is 22.8. The van der Waals surface area contributed by atoms with Gasteiger partial charge in [0, 0.05) is 54.1 Å². The number of benzene rings is 1. The lowest BCUT2D eigenvalue weighted by atomic mass is 9.83. The molecule has 3 rings (SSSR count). The molecule has 0 aliphatic carbocycles. The van der Waals surface area contributed by atoms with Gasteiger partial charge < -0.3 is 15.1 Å². The Bertz CT molecular complexity index is 1000. The predicted octanol–water partition coefficient (Wildman–Crippen LogP) is 1.93. The van der Waals surface area contributed by atoms with E-state index in [1.54, 1.807) is 17.9 Å². The Morgan fingerprint density at radius 2 is 1.72 bits per heavy atom. The van der Waals surface area contributed by atoms with E-state index in [9.17, 15) is 22.8 Å². The van der Waals surface area contributed by atoms with Crippen molar-refractivity contribution in [3.8, 4) is 0 Å². The molecule has 0 unspecified atom stereocenters. The van der Waals surface area contributed by atoms with E-state index < -0.39 is 27.2 Å². The van der Waals surface area contributed by atoms with Gasteiger partial charge in [-0.15, -0.1) is 0 Å². The molecule has 2 atom stereocenters. The van der Waals surface area contributed by atoms with Crippen LogP contribution in [0.2, 0.25) is 10.0 Å². The number of piperazine rings is 1. The van der Waals surface area contributed by atoms with Crippen molar-refractivity contribution in [3.05, 3.63) is 28.2 Å². The second-order valence-corrected chi connectivity index (χ2v) is 11.8. The molecule has 11 heteroatoms. The van der Waals surface area contributed by atoms with E-state index in [1.165, 1.54) is 0 Å². The van der Waals surface area contributed by atoms with Gasteiger partial charge in [-0.25, -0.2) is 8.42 Å². The Morgan fingerprint density at radius 1 is 1.12 bits per heavy atom. The third-order valence-corrected chi connectivity index (χ3v) is 7.40. The zero-order valence-electron chi connectivity index (χ0n) is 18.1. The fraction of sp³-hybridized carbons (Fsp3) is 0.571. The van der Waals surface area contributed by atoms with Crippen molar-refractivity contribution in [1.29, 1.82) is 0 Å². The summed E-state index contributed by atoms with van der Waals surface area (Å²) in [7, 11) is -3.33. The Hall–Kier alpha value is -1.84. The summed E-state index contributed by atoms with van der Waals surface area (Å²) in [6.07, 6.45) is 0.849. The van der Waals surface area contributed by atoms with Gasteiger partial charge in [-0.3, -0.25) is 14.4 Å². The summed E-state index contributed by atoms with van der Waals surface area (Å²) < 4.78 is 23.3. The SMILES string of the molecule is C[C@H](C[C@]1(CCS(C)(=O)=O)NC(=O)CC1=O)C(=O)N1CCN(c2cc(Cl)cc(Cl)c2)CC1. The number of rotatable bonds is 7. The Balaban J connectivity index is 1.64. The summed E-state index contributed by atoms with van der Waals surface area (Å²) in [6.45, 7) is 3.90. The van der Waals surface area contributed by atoms with Crippen LogP contribution in [-0.2, 0) is 24.2 Å². The number of halogens is 2. The zero-order valence-corrected chi connectivity index (χ0v) is 20.4. The molecule has 0 saturated carbocycles. The number of nitrogens with one attached hydrogen (secondary N) is 1. The number of nitrogens with zero attached hydrogens (tertiary/aromatic N) is 2. The molecule has 2 aliphatic heterocycles. The minimum atomic E-state index is -3.33. The summed E-state index contributed by atoms with van der Waals surface area (Å²) in [6, 6.07) is 5.32. The van der Waals surface area contributed by atoms with Crippen LogP contribution in [-0.4, -0.2) is 74.6 Å². The van der Waals surface area contributed by atoms with E-state index in [-0.39, 0.29) is 36.7 Å². The number of hydrogen-bond acceptors (Lipinski definition) is 6. The molecule has 2 amide bonds. The van der Waals surface area contributed by atoms with Crippen LogP contribution in [0.3, 0.4) is 0 Å². The summed E-state index contributed by atoms with van der Waals surface area (Å²) >= 11 is 12.2. The molecule has 2 fully saturated rings. The van der Waals surface area contributed by atoms with Gasteiger partial charge in [-0.2, -0.15) is 0 Å². The largest absolute Gasteiger partial charge is 0.368 e. The monoisotopic (exact) mass is 503 g/mol. The molecular formula is C21H27Cl2N3O5S. The lowest BCUT2D eigenvalue weighted by Crippen LogP contribution is -2.53. The van der Waals surface area contributed by atoms with Crippen molar-refractivity contribution < 1.29 is 22.8 Å². The number of sulfone groups is 1. The van der Waals surface area contributed by atoms with E-state index in [0.717, 1.165) is 11.9 Å². The van der Waals surface area contributed by atoms with Crippen LogP contribution in [0.15, 0.2) is 18.2 Å². The lowest BCUT2D eigenvalue weighted by molar-refractivity contribution is -0.136. The highest BCUT2D eigenvalue weighted by Gasteiger charge is 2.47. The van der Waals surface area contributed by atoms with Crippen LogP contribution in [0, 0.1) is 5.92 Å². The van der Waals surface area contributed by atoms with Gasteiger partial charge in [0.05, 0.1) is 12.2 Å². The third-order valence-electron chi connectivity index (χ3n) is 6.01. The van der Waals surface area contributed by atoms with Crippen molar-refractivity contribution in [1.82, 2.24) is 10.2 Å². The van der Waals surface area contributed by atoms with Gasteiger partial charge in [0.25, 0.3) is 0 Å². The van der Waals surface area contributed by atoms with Crippen molar-refractivity contribution in [2.24, 2.45) is 5.92 Å². The molecule has 0 aromatic heterocycles. The maximum atomic E-state index is 13.1. The van der Waals surface area contributed by atoms with E-state index in [0.29, 0.717) is 36.2 Å². The minimum absolute atomic E-state index is 0.0304. The fourth-order valence-corrected chi connectivity index (χ4v) is 5.59. The maximum absolute atomic E-state index is 13.1. The lowest BCUT2D eigenvalue weighted by Gasteiger charge is -2.38. The summed E-state index contributed by atoms with van der Waals surface area (Å²) in [5.74, 6) is -1.70. The Morgan fingerprint density at radius 3 is 2.22 bits per heavy atom. The van der Waals surface area contributed by atoms with Crippen LogP contribution in [0.5, 0.6) is 0 Å². The number of anilines is 1. The van der Waals surface area contributed by atoms with Crippen molar-refractivity contribution in [2.75, 3.05) is 43.1 Å². The van der Waals surface area contributed by atoms with E-state index in [4.69, 9.17) is 23.2 Å². The van der Waals surface area contributed by atoms with Gasteiger partial charge in [-0.05, 0) is 31.0 Å². The fourth-order valence-electron chi connectivity index (χ4n) is 4.35.